The van der Waals surface area contributed by atoms with Gasteiger partial charge in [0, 0.05) is 36.5 Å². The van der Waals surface area contributed by atoms with Crippen molar-refractivity contribution in [3.05, 3.63) is 36.8 Å². The number of carbonyl (C=O) groups is 1. The van der Waals surface area contributed by atoms with E-state index in [1.807, 2.05) is 31.4 Å². The van der Waals surface area contributed by atoms with Crippen molar-refractivity contribution in [3.8, 4) is 11.3 Å². The molecule has 0 spiro atoms. The van der Waals surface area contributed by atoms with Crippen molar-refractivity contribution in [2.75, 3.05) is 11.9 Å². The van der Waals surface area contributed by atoms with Gasteiger partial charge in [0.2, 0.25) is 5.91 Å². The van der Waals surface area contributed by atoms with Crippen LogP contribution < -0.4 is 10.6 Å². The zero-order valence-corrected chi connectivity index (χ0v) is 13.4. The number of anilines is 1. The van der Waals surface area contributed by atoms with E-state index in [0.29, 0.717) is 5.82 Å². The molecule has 1 atom stereocenters. The van der Waals surface area contributed by atoms with E-state index in [0.717, 1.165) is 41.5 Å². The highest BCUT2D eigenvalue weighted by atomic mass is 16.2. The average Bonchev–Trinajstić information content (AvgIpc) is 3.25. The summed E-state index contributed by atoms with van der Waals surface area (Å²) in [5.41, 5.74) is 2.59. The van der Waals surface area contributed by atoms with Crippen LogP contribution in [0.5, 0.6) is 0 Å². The van der Waals surface area contributed by atoms with Crippen LogP contribution in [0.25, 0.3) is 22.2 Å². The Kier molecular flexibility index (Phi) is 3.70. The summed E-state index contributed by atoms with van der Waals surface area (Å²) in [4.78, 5) is 21.2. The van der Waals surface area contributed by atoms with Crippen molar-refractivity contribution >= 4 is 22.6 Å². The van der Waals surface area contributed by atoms with Crippen LogP contribution in [0, 0.1) is 0 Å². The number of nitrogens with zero attached hydrogens (tertiary/aromatic N) is 4. The molecule has 2 N–H and O–H groups in total. The number of hydrogen-bond donors (Lipinski definition) is 2. The van der Waals surface area contributed by atoms with Crippen molar-refractivity contribution in [1.29, 1.82) is 0 Å². The highest BCUT2D eigenvalue weighted by Gasteiger charge is 2.22. The number of hydrogen-bond acceptors (Lipinski definition) is 5. The summed E-state index contributed by atoms with van der Waals surface area (Å²) in [5.74, 6) is 0.486. The van der Waals surface area contributed by atoms with E-state index in [4.69, 9.17) is 0 Å². The van der Waals surface area contributed by atoms with Crippen molar-refractivity contribution < 1.29 is 4.79 Å². The van der Waals surface area contributed by atoms with Gasteiger partial charge in [-0.1, -0.05) is 0 Å². The van der Waals surface area contributed by atoms with E-state index in [9.17, 15) is 4.79 Å². The fourth-order valence-electron chi connectivity index (χ4n) is 2.92. The fourth-order valence-corrected chi connectivity index (χ4v) is 2.92. The van der Waals surface area contributed by atoms with Gasteiger partial charge in [0.05, 0.1) is 23.4 Å². The smallest absolute Gasteiger partial charge is 0.242 e. The molecule has 4 rings (SSSR count). The molecule has 7 heteroatoms. The Bertz CT molecular complexity index is 897. The van der Waals surface area contributed by atoms with Crippen LogP contribution in [0.15, 0.2) is 36.8 Å². The molecule has 1 saturated heterocycles. The Balaban J connectivity index is 1.62. The number of aromatic nitrogens is 4. The Labute approximate surface area is 139 Å². The topological polar surface area (TPSA) is 84.7 Å². The minimum absolute atomic E-state index is 0.0391. The second-order valence-electron chi connectivity index (χ2n) is 6.00. The predicted molar refractivity (Wildman–Crippen MR) is 91.4 cm³/mol. The van der Waals surface area contributed by atoms with Crippen LogP contribution >= 0.6 is 0 Å². The second kappa shape index (κ2) is 6.01. The monoisotopic (exact) mass is 322 g/mol. The summed E-state index contributed by atoms with van der Waals surface area (Å²) in [6.45, 7) is 0.888. The Morgan fingerprint density at radius 1 is 1.38 bits per heavy atom. The van der Waals surface area contributed by atoms with E-state index >= 15 is 0 Å². The summed E-state index contributed by atoms with van der Waals surface area (Å²) in [6.07, 6.45) is 7.32. The number of rotatable bonds is 3. The molecule has 1 amide bonds. The molecular formula is C17H18N6O. The van der Waals surface area contributed by atoms with E-state index in [-0.39, 0.29) is 11.9 Å². The molecule has 0 radical (unpaired) electrons. The van der Waals surface area contributed by atoms with E-state index in [2.05, 4.69) is 25.7 Å². The van der Waals surface area contributed by atoms with Gasteiger partial charge in [0.1, 0.15) is 5.82 Å². The molecule has 3 aromatic heterocycles. The third kappa shape index (κ3) is 2.85. The maximum Gasteiger partial charge on any atom is 0.242 e. The van der Waals surface area contributed by atoms with E-state index in [1.165, 1.54) is 0 Å². The molecule has 4 heterocycles. The van der Waals surface area contributed by atoms with Crippen LogP contribution in [0.1, 0.15) is 12.8 Å². The lowest BCUT2D eigenvalue weighted by Gasteiger charge is -2.10. The minimum atomic E-state index is -0.128. The third-order valence-electron chi connectivity index (χ3n) is 4.20. The number of aryl methyl sites for hydroxylation is 1. The van der Waals surface area contributed by atoms with Crippen molar-refractivity contribution in [2.24, 2.45) is 7.05 Å². The van der Waals surface area contributed by atoms with Gasteiger partial charge in [0.25, 0.3) is 0 Å². The van der Waals surface area contributed by atoms with Gasteiger partial charge >= 0.3 is 0 Å². The van der Waals surface area contributed by atoms with Crippen LogP contribution in [-0.2, 0) is 11.8 Å². The molecule has 1 fully saturated rings. The van der Waals surface area contributed by atoms with Gasteiger partial charge in [-0.05, 0) is 31.5 Å². The van der Waals surface area contributed by atoms with Gasteiger partial charge < -0.3 is 10.6 Å². The zero-order valence-electron chi connectivity index (χ0n) is 13.4. The predicted octanol–water partition coefficient (Wildman–Crippen LogP) is 1.72. The molecule has 3 aromatic rings. The number of fused-ring (bicyclic) bond motifs is 1. The molecule has 24 heavy (non-hydrogen) atoms. The molecular weight excluding hydrogens is 304 g/mol. The number of pyridine rings is 2. The highest BCUT2D eigenvalue weighted by molar-refractivity contribution is 5.95. The summed E-state index contributed by atoms with van der Waals surface area (Å²) in [5, 5.41) is 11.2. The van der Waals surface area contributed by atoms with Crippen molar-refractivity contribution in [3.63, 3.8) is 0 Å². The normalized spacial score (nSPS) is 17.3. The van der Waals surface area contributed by atoms with Gasteiger partial charge in [-0.2, -0.15) is 5.10 Å². The number of nitrogens with one attached hydrogen (secondary N) is 2. The van der Waals surface area contributed by atoms with Crippen molar-refractivity contribution in [1.82, 2.24) is 25.1 Å². The lowest BCUT2D eigenvalue weighted by Crippen LogP contribution is -2.35. The van der Waals surface area contributed by atoms with Gasteiger partial charge in [-0.3, -0.25) is 9.48 Å². The van der Waals surface area contributed by atoms with Gasteiger partial charge in [-0.25, -0.2) is 9.97 Å². The molecule has 0 saturated carbocycles. The maximum atomic E-state index is 12.2. The first-order valence-corrected chi connectivity index (χ1v) is 7.99. The maximum absolute atomic E-state index is 12.2. The van der Waals surface area contributed by atoms with Crippen molar-refractivity contribution in [2.45, 2.75) is 18.9 Å². The third-order valence-corrected chi connectivity index (χ3v) is 4.20. The summed E-state index contributed by atoms with van der Waals surface area (Å²) < 4.78 is 1.74. The zero-order chi connectivity index (χ0) is 16.5. The number of amides is 1. The minimum Gasteiger partial charge on any atom is -0.309 e. The fraction of sp³-hybridized carbons (Fsp3) is 0.294. The first kappa shape index (κ1) is 14.8. The van der Waals surface area contributed by atoms with Crippen LogP contribution in [0.2, 0.25) is 0 Å². The number of carbonyl (C=O) groups excluding carboxylic acids is 1. The lowest BCUT2D eigenvalue weighted by atomic mass is 10.2. The van der Waals surface area contributed by atoms with E-state index < -0.39 is 0 Å². The molecule has 1 unspecified atom stereocenters. The Morgan fingerprint density at radius 3 is 3.04 bits per heavy atom. The second-order valence-corrected chi connectivity index (χ2v) is 6.00. The first-order chi connectivity index (χ1) is 11.7. The summed E-state index contributed by atoms with van der Waals surface area (Å²) >= 11 is 0. The van der Waals surface area contributed by atoms with Crippen LogP contribution in [0.3, 0.4) is 0 Å². The summed E-state index contributed by atoms with van der Waals surface area (Å²) in [6, 6.07) is 5.60. The van der Waals surface area contributed by atoms with E-state index in [1.54, 1.807) is 17.1 Å². The Morgan fingerprint density at radius 2 is 2.29 bits per heavy atom. The Hall–Kier alpha value is -2.80. The molecule has 7 nitrogen and oxygen atoms in total. The molecule has 0 bridgehead atoms. The van der Waals surface area contributed by atoms with Gasteiger partial charge in [0.15, 0.2) is 0 Å². The molecule has 122 valence electrons. The molecule has 0 aromatic carbocycles. The first-order valence-electron chi connectivity index (χ1n) is 7.99. The summed E-state index contributed by atoms with van der Waals surface area (Å²) in [7, 11) is 1.87. The quantitative estimate of drug-likeness (QED) is 0.767. The molecule has 1 aliphatic rings. The van der Waals surface area contributed by atoms with Gasteiger partial charge in [-0.15, -0.1) is 0 Å². The molecule has 1 aliphatic heterocycles. The highest BCUT2D eigenvalue weighted by Crippen LogP contribution is 2.21. The van der Waals surface area contributed by atoms with Crippen LogP contribution in [0.4, 0.5) is 5.82 Å². The van der Waals surface area contributed by atoms with Crippen LogP contribution in [-0.4, -0.2) is 38.2 Å². The lowest BCUT2D eigenvalue weighted by molar-refractivity contribution is -0.117. The molecule has 0 aliphatic carbocycles. The standard InChI is InChI=1S/C17H18N6O/c1-23-10-12(9-20-23)13-5-4-11-8-19-16(7-15(11)21-13)22-17(24)14-3-2-6-18-14/h4-5,7-10,14,18H,2-3,6H2,1H3,(H,19,22,24). The average molecular weight is 322 g/mol. The largest absolute Gasteiger partial charge is 0.309 e. The SMILES string of the molecule is Cn1cc(-c2ccc3cnc(NC(=O)C4CCCN4)cc3n2)cn1.